The van der Waals surface area contributed by atoms with Gasteiger partial charge in [0.2, 0.25) is 22.8 Å². The van der Waals surface area contributed by atoms with Crippen LogP contribution in [0.1, 0.15) is 38.9 Å². The Bertz CT molecular complexity index is 4350. The van der Waals surface area contributed by atoms with Gasteiger partial charge in [0, 0.05) is 60.2 Å². The van der Waals surface area contributed by atoms with Crippen molar-refractivity contribution >= 4 is 45.3 Å². The molecule has 0 aliphatic carbocycles. The normalized spacial score (nSPS) is 11.1. The Balaban J connectivity index is 0.000000140. The van der Waals surface area contributed by atoms with Gasteiger partial charge in [-0.2, -0.15) is 31.4 Å². The summed E-state index contributed by atoms with van der Waals surface area (Å²) in [5.41, 5.74) is 17.6. The summed E-state index contributed by atoms with van der Waals surface area (Å²) in [6, 6.07) is 36.1. The minimum absolute atomic E-state index is 0.438. The van der Waals surface area contributed by atoms with Gasteiger partial charge in [0.15, 0.2) is 49.6 Å². The first-order valence-electron chi connectivity index (χ1n) is 28.4. The fraction of sp³-hybridized carbons (Fsp3) is 0.211. The number of alkyl halides is 3. The van der Waals surface area contributed by atoms with Crippen molar-refractivity contribution in [3.05, 3.63) is 237 Å². The average Bonchev–Trinajstić information content (AvgIpc) is 1.46. The highest BCUT2D eigenvalue weighted by Crippen LogP contribution is 2.40. The predicted octanol–water partition coefficient (Wildman–Crippen LogP) is 14.1. The second kappa shape index (κ2) is 27.4. The maximum atomic E-state index is 14.4. The molecule has 0 spiro atoms. The number of hydrogen-bond acceptors (Lipinski definition) is 4. The Kier molecular flexibility index (Phi) is 19.9. The Morgan fingerprint density at radius 2 is 0.670 bits per heavy atom. The molecule has 0 atom stereocenters. The number of rotatable bonds is 8. The predicted molar refractivity (Wildman–Crippen MR) is 344 cm³/mol. The molecule has 0 aliphatic rings. The molecule has 12 aromatic rings. The van der Waals surface area contributed by atoms with Crippen LogP contribution in [0.2, 0.25) is 0 Å². The van der Waals surface area contributed by atoms with Gasteiger partial charge in [-0.25, -0.2) is 27.0 Å². The topological polar surface area (TPSA) is 31.0 Å². The van der Waals surface area contributed by atoms with Crippen molar-refractivity contribution in [3.8, 4) is 87.3 Å². The molecular weight excluding hydrogens is 1190 g/mol. The molecular formula is C71H73F5N8S4+8. The Labute approximate surface area is 528 Å². The van der Waals surface area contributed by atoms with E-state index >= 15 is 0 Å². The van der Waals surface area contributed by atoms with Gasteiger partial charge in [0.25, 0.3) is 20.0 Å². The van der Waals surface area contributed by atoms with E-state index in [4.69, 9.17) is 0 Å². The number of hydrogen-bond donors (Lipinski definition) is 0. The van der Waals surface area contributed by atoms with E-state index in [1.165, 1.54) is 101 Å². The number of pyridine rings is 4. The first-order valence-corrected chi connectivity index (χ1v) is 31.9. The maximum absolute atomic E-state index is 14.4. The van der Waals surface area contributed by atoms with E-state index in [0.29, 0.717) is 27.8 Å². The summed E-state index contributed by atoms with van der Waals surface area (Å²) in [6.45, 7) is 12.5. The highest BCUT2D eigenvalue weighted by atomic mass is 32.1. The molecule has 0 saturated carbocycles. The average molecular weight is 1260 g/mol. The molecule has 8 nitrogen and oxygen atoms in total. The van der Waals surface area contributed by atoms with E-state index in [1.807, 2.05) is 125 Å². The minimum atomic E-state index is -4.39. The molecule has 12 rings (SSSR count). The fourth-order valence-electron chi connectivity index (χ4n) is 11.2. The van der Waals surface area contributed by atoms with E-state index in [2.05, 4.69) is 170 Å². The first kappa shape index (κ1) is 64.1. The van der Waals surface area contributed by atoms with E-state index in [1.54, 1.807) is 29.6 Å². The largest absolute Gasteiger partial charge is 0.416 e. The molecule has 0 bridgehead atoms. The SMILES string of the molecule is Cc1c(-c2cccc[n+]2C)c(F)cc(F)c1-c1scc[n+]1C.Cc1c(-c2cccc[n+]2C)cc(C(F)(F)F)cc1-c1scc[n+]1C.Cc1c(-c2cccc[n+]2C)cccc1-c1scc[n+]1C.Cc1cc(C)c(-c2scc[n+]2C)c(C)c1-c1cccc[n+]1C. The summed E-state index contributed by atoms with van der Waals surface area (Å²) in [7, 11) is 15.8. The summed E-state index contributed by atoms with van der Waals surface area (Å²) in [4.78, 5) is 0. The first-order chi connectivity index (χ1) is 42.0. The van der Waals surface area contributed by atoms with Crippen molar-refractivity contribution in [1.82, 2.24) is 0 Å². The number of thiazole rings is 4. The maximum Gasteiger partial charge on any atom is 0.416 e. The molecule has 0 unspecified atom stereocenters. The second-order valence-electron chi connectivity index (χ2n) is 21.8. The van der Waals surface area contributed by atoms with Gasteiger partial charge >= 0.3 is 6.18 Å². The lowest BCUT2D eigenvalue weighted by Gasteiger charge is -2.13. The van der Waals surface area contributed by atoms with Crippen molar-refractivity contribution in [2.24, 2.45) is 56.4 Å². The zero-order valence-electron chi connectivity index (χ0n) is 52.0. The second-order valence-corrected chi connectivity index (χ2v) is 25.4. The summed E-state index contributed by atoms with van der Waals surface area (Å²) in [6.07, 6.45) is 11.4. The van der Waals surface area contributed by atoms with Crippen LogP contribution >= 0.6 is 45.3 Å². The molecule has 0 fully saturated rings. The van der Waals surface area contributed by atoms with Crippen LogP contribution < -0.4 is 36.5 Å². The highest BCUT2D eigenvalue weighted by Gasteiger charge is 2.35. The van der Waals surface area contributed by atoms with Crippen LogP contribution in [0.25, 0.3) is 87.3 Å². The lowest BCUT2D eigenvalue weighted by Crippen LogP contribution is -2.31. The van der Waals surface area contributed by atoms with Crippen molar-refractivity contribution in [3.63, 3.8) is 0 Å². The molecule has 0 radical (unpaired) electrons. The van der Waals surface area contributed by atoms with Crippen LogP contribution in [0.15, 0.2) is 186 Å². The van der Waals surface area contributed by atoms with Gasteiger partial charge in [-0.05, 0) is 123 Å². The van der Waals surface area contributed by atoms with Crippen LogP contribution in [-0.2, 0) is 62.6 Å². The quantitative estimate of drug-likeness (QED) is 0.107. The third-order valence-electron chi connectivity index (χ3n) is 15.8. The lowest BCUT2D eigenvalue weighted by molar-refractivity contribution is -0.660. The zero-order chi connectivity index (χ0) is 63.3. The Morgan fingerprint density at radius 1 is 0.307 bits per heavy atom. The van der Waals surface area contributed by atoms with Gasteiger partial charge in [-0.1, -0.05) is 57.5 Å². The molecule has 88 heavy (non-hydrogen) atoms. The van der Waals surface area contributed by atoms with Crippen molar-refractivity contribution in [1.29, 1.82) is 0 Å². The third-order valence-corrected chi connectivity index (χ3v) is 19.8. The van der Waals surface area contributed by atoms with Crippen LogP contribution in [0.3, 0.4) is 0 Å². The number of aryl methyl sites for hydroxylation is 10. The van der Waals surface area contributed by atoms with Crippen LogP contribution in [-0.4, -0.2) is 0 Å². The number of nitrogens with zero attached hydrogens (tertiary/aromatic N) is 8. The van der Waals surface area contributed by atoms with E-state index < -0.39 is 23.4 Å². The lowest BCUT2D eigenvalue weighted by atomic mass is 9.91. The monoisotopic (exact) mass is 1260 g/mol. The van der Waals surface area contributed by atoms with Gasteiger partial charge in [-0.3, -0.25) is 0 Å². The Morgan fingerprint density at radius 3 is 1.12 bits per heavy atom. The third kappa shape index (κ3) is 13.5. The molecule has 17 heteroatoms. The van der Waals surface area contributed by atoms with Gasteiger partial charge in [-0.15, -0.1) is 0 Å². The van der Waals surface area contributed by atoms with E-state index in [9.17, 15) is 22.0 Å². The van der Waals surface area contributed by atoms with E-state index in [-0.39, 0.29) is 0 Å². The van der Waals surface area contributed by atoms with Crippen molar-refractivity contribution < 1.29 is 58.5 Å². The molecule has 8 heterocycles. The number of benzene rings is 4. The highest BCUT2D eigenvalue weighted by molar-refractivity contribution is 7.13. The summed E-state index contributed by atoms with van der Waals surface area (Å²) in [5.74, 6) is -1.07. The van der Waals surface area contributed by atoms with Gasteiger partial charge < -0.3 is 0 Å². The number of halogens is 5. The number of aromatic nitrogens is 8. The van der Waals surface area contributed by atoms with Gasteiger partial charge in [0.05, 0.1) is 66.0 Å². The molecule has 8 aromatic heterocycles. The molecule has 0 saturated heterocycles. The summed E-state index contributed by atoms with van der Waals surface area (Å²) in [5, 5.41) is 12.2. The van der Waals surface area contributed by atoms with Crippen LogP contribution in [0.5, 0.6) is 0 Å². The zero-order valence-corrected chi connectivity index (χ0v) is 55.3. The van der Waals surface area contributed by atoms with E-state index in [0.717, 1.165) is 33.0 Å². The Hall–Kier alpha value is -8.35. The van der Waals surface area contributed by atoms with Crippen LogP contribution in [0, 0.1) is 53.2 Å². The standard InChI is InChI=1S/C19H22N2S.C18H17F3N2S.C17H16F2N2S.C17H18N2S/c1-13-12-14(2)18(19-21(5)10-11-22-19)15(3)17(13)16-8-6-7-9-20(16)4;1-12-14(16-6-4-5-7-22(16)2)10-13(18(19,20)21)11-15(12)17-23(3)8-9-24-17;1-11-15(14-6-4-5-7-20(14)2)12(18)10-13(19)16(11)17-21(3)8-9-22-17;1-13-14(16-9-4-5-10-18(16)2)7-6-8-15(13)17-19(3)11-12-20-17/h6-12H,1-5H3;4-11H,1-3H3;4-10H,1-3H3;4-12H,1-3H3/q4*+2. The molecule has 0 N–H and O–H groups in total. The molecule has 0 aliphatic heterocycles. The van der Waals surface area contributed by atoms with Crippen molar-refractivity contribution in [2.75, 3.05) is 0 Å². The molecule has 0 amide bonds. The van der Waals surface area contributed by atoms with Crippen LogP contribution in [0.4, 0.5) is 22.0 Å². The smallest absolute Gasteiger partial charge is 0.206 e. The van der Waals surface area contributed by atoms with Gasteiger partial charge in [0.1, 0.15) is 68.0 Å². The molecule has 4 aromatic carbocycles. The summed E-state index contributed by atoms with van der Waals surface area (Å²) >= 11 is 6.45. The molecule has 448 valence electrons. The summed E-state index contributed by atoms with van der Waals surface area (Å²) < 4.78 is 85.3. The fourth-order valence-corrected chi connectivity index (χ4v) is 15.1. The van der Waals surface area contributed by atoms with Crippen molar-refractivity contribution in [2.45, 2.75) is 47.7 Å². The minimum Gasteiger partial charge on any atom is -0.206 e.